The Bertz CT molecular complexity index is 902. The van der Waals surface area contributed by atoms with Gasteiger partial charge in [0.2, 0.25) is 0 Å². The summed E-state index contributed by atoms with van der Waals surface area (Å²) in [5.41, 5.74) is 3.55. The molecule has 2 aromatic heterocycles. The van der Waals surface area contributed by atoms with Crippen LogP contribution >= 0.6 is 0 Å². The first-order valence-corrected chi connectivity index (χ1v) is 8.85. The van der Waals surface area contributed by atoms with Gasteiger partial charge in [-0.3, -0.25) is 14.9 Å². The van der Waals surface area contributed by atoms with Crippen molar-refractivity contribution in [1.29, 1.82) is 0 Å². The van der Waals surface area contributed by atoms with Gasteiger partial charge in [-0.25, -0.2) is 0 Å². The fourth-order valence-corrected chi connectivity index (χ4v) is 3.80. The lowest BCUT2D eigenvalue weighted by molar-refractivity contribution is 0.0772. The fourth-order valence-electron chi connectivity index (χ4n) is 3.80. The van der Waals surface area contributed by atoms with Crippen LogP contribution in [-0.4, -0.2) is 39.1 Å². The maximum atomic E-state index is 13.0. The van der Waals surface area contributed by atoms with Gasteiger partial charge in [0.05, 0.1) is 5.69 Å². The van der Waals surface area contributed by atoms with Crippen LogP contribution in [-0.2, 0) is 0 Å². The smallest absolute Gasteiger partial charge is 0.271 e. The Morgan fingerprint density at radius 2 is 1.88 bits per heavy atom. The van der Waals surface area contributed by atoms with Crippen molar-refractivity contribution in [1.82, 2.24) is 20.1 Å². The van der Waals surface area contributed by atoms with Gasteiger partial charge in [0.1, 0.15) is 5.69 Å². The van der Waals surface area contributed by atoms with Gasteiger partial charge in [0, 0.05) is 37.0 Å². The van der Waals surface area contributed by atoms with Gasteiger partial charge >= 0.3 is 0 Å². The van der Waals surface area contributed by atoms with E-state index in [0.29, 0.717) is 11.6 Å². The van der Waals surface area contributed by atoms with E-state index < -0.39 is 0 Å². The van der Waals surface area contributed by atoms with Crippen LogP contribution in [0.3, 0.4) is 0 Å². The number of nitrogens with one attached hydrogen (secondary N) is 1. The van der Waals surface area contributed by atoms with Gasteiger partial charge < -0.3 is 4.90 Å². The number of amides is 1. The van der Waals surface area contributed by atoms with E-state index in [9.17, 15) is 4.79 Å². The number of nitrogens with zero attached hydrogens (tertiary/aromatic N) is 3. The molecule has 1 aromatic carbocycles. The number of carbonyl (C=O) groups excluding carboxylic acids is 1. The highest BCUT2D eigenvalue weighted by Gasteiger charge is 2.42. The van der Waals surface area contributed by atoms with Crippen molar-refractivity contribution in [3.63, 3.8) is 0 Å². The first kappa shape index (κ1) is 16.5. The highest BCUT2D eigenvalue weighted by Crippen LogP contribution is 2.42. The van der Waals surface area contributed by atoms with Crippen LogP contribution in [0, 0.1) is 5.41 Å². The molecular weight excluding hydrogens is 324 g/mol. The minimum atomic E-state index is 0.00399. The third kappa shape index (κ3) is 3.01. The summed E-state index contributed by atoms with van der Waals surface area (Å²) in [7, 11) is 0. The van der Waals surface area contributed by atoms with Crippen LogP contribution in [0.1, 0.15) is 35.8 Å². The zero-order valence-electron chi connectivity index (χ0n) is 15.0. The number of aromatic nitrogens is 3. The maximum Gasteiger partial charge on any atom is 0.271 e. The molecule has 1 amide bonds. The second-order valence-corrected chi connectivity index (χ2v) is 7.54. The second kappa shape index (κ2) is 6.41. The topological polar surface area (TPSA) is 61.9 Å². The number of H-pyrrole nitrogens is 1. The summed E-state index contributed by atoms with van der Waals surface area (Å²) >= 11 is 0. The first-order valence-electron chi connectivity index (χ1n) is 8.85. The molecule has 1 unspecified atom stereocenters. The second-order valence-electron chi connectivity index (χ2n) is 7.54. The number of benzene rings is 1. The molecule has 1 aliphatic rings. The van der Waals surface area contributed by atoms with Gasteiger partial charge in [-0.15, -0.1) is 0 Å². The van der Waals surface area contributed by atoms with Gasteiger partial charge in [-0.05, 0) is 29.2 Å². The van der Waals surface area contributed by atoms with E-state index in [1.807, 2.05) is 29.2 Å². The van der Waals surface area contributed by atoms with Crippen LogP contribution in [0.4, 0.5) is 0 Å². The standard InChI is InChI=1S/C21H22N4O/c1-21(2)14-25(13-17(21)15-6-4-3-5-7-15)20(26)19-12-18(23-24-19)16-8-10-22-11-9-16/h3-12,17H,13-14H2,1-2H3,(H,23,24). The molecule has 1 aliphatic heterocycles. The molecule has 0 bridgehead atoms. The van der Waals surface area contributed by atoms with E-state index in [1.165, 1.54) is 5.56 Å². The molecule has 5 nitrogen and oxygen atoms in total. The molecule has 1 atom stereocenters. The number of carbonyl (C=O) groups is 1. The number of pyridine rings is 1. The summed E-state index contributed by atoms with van der Waals surface area (Å²) in [5, 5.41) is 7.19. The highest BCUT2D eigenvalue weighted by atomic mass is 16.2. The SMILES string of the molecule is CC1(C)CN(C(=O)c2cc(-c3ccncc3)n[nH]2)CC1c1ccccc1. The average Bonchev–Trinajstić information content (AvgIpc) is 3.27. The van der Waals surface area contributed by atoms with Crippen LogP contribution in [0.25, 0.3) is 11.3 Å². The molecule has 3 aromatic rings. The Hall–Kier alpha value is -2.95. The Kier molecular flexibility index (Phi) is 4.07. The van der Waals surface area contributed by atoms with Crippen LogP contribution < -0.4 is 0 Å². The van der Waals surface area contributed by atoms with Crippen molar-refractivity contribution in [2.45, 2.75) is 19.8 Å². The van der Waals surface area contributed by atoms with Crippen molar-refractivity contribution >= 4 is 5.91 Å². The Balaban J connectivity index is 1.55. The largest absolute Gasteiger partial charge is 0.336 e. The minimum Gasteiger partial charge on any atom is -0.336 e. The van der Waals surface area contributed by atoms with E-state index in [2.05, 4.69) is 53.3 Å². The van der Waals surface area contributed by atoms with E-state index in [1.54, 1.807) is 12.4 Å². The minimum absolute atomic E-state index is 0.00399. The van der Waals surface area contributed by atoms with E-state index in [-0.39, 0.29) is 11.3 Å². The molecule has 0 spiro atoms. The lowest BCUT2D eigenvalue weighted by Gasteiger charge is -2.25. The quantitative estimate of drug-likeness (QED) is 0.786. The monoisotopic (exact) mass is 346 g/mol. The van der Waals surface area contributed by atoms with E-state index >= 15 is 0 Å². The van der Waals surface area contributed by atoms with Gasteiger partial charge in [-0.2, -0.15) is 5.10 Å². The summed E-state index contributed by atoms with van der Waals surface area (Å²) in [6.07, 6.45) is 3.44. The zero-order chi connectivity index (χ0) is 18.1. The van der Waals surface area contributed by atoms with Crippen molar-refractivity contribution in [2.75, 3.05) is 13.1 Å². The third-order valence-corrected chi connectivity index (χ3v) is 5.22. The van der Waals surface area contributed by atoms with Gasteiger partial charge in [-0.1, -0.05) is 44.2 Å². The van der Waals surface area contributed by atoms with Gasteiger partial charge in [0.25, 0.3) is 5.91 Å². The number of hydrogen-bond acceptors (Lipinski definition) is 3. The lowest BCUT2D eigenvalue weighted by Crippen LogP contribution is -2.30. The molecule has 132 valence electrons. The van der Waals surface area contributed by atoms with Gasteiger partial charge in [0.15, 0.2) is 0 Å². The zero-order valence-corrected chi connectivity index (χ0v) is 15.0. The Morgan fingerprint density at radius 3 is 2.62 bits per heavy atom. The molecule has 0 aliphatic carbocycles. The summed E-state index contributed by atoms with van der Waals surface area (Å²) in [4.78, 5) is 18.9. The van der Waals surface area contributed by atoms with E-state index in [4.69, 9.17) is 0 Å². The van der Waals surface area contributed by atoms with Crippen LogP contribution in [0.5, 0.6) is 0 Å². The number of aromatic amines is 1. The van der Waals surface area contributed by atoms with Crippen molar-refractivity contribution < 1.29 is 4.79 Å². The van der Waals surface area contributed by atoms with Crippen molar-refractivity contribution in [3.05, 3.63) is 72.2 Å². The van der Waals surface area contributed by atoms with Crippen molar-refractivity contribution in [3.8, 4) is 11.3 Å². The highest BCUT2D eigenvalue weighted by molar-refractivity contribution is 5.93. The number of rotatable bonds is 3. The molecule has 26 heavy (non-hydrogen) atoms. The molecule has 1 saturated heterocycles. The number of likely N-dealkylation sites (tertiary alicyclic amines) is 1. The normalized spacial score (nSPS) is 18.8. The van der Waals surface area contributed by atoms with Crippen LogP contribution in [0.15, 0.2) is 60.9 Å². The lowest BCUT2D eigenvalue weighted by atomic mass is 9.78. The molecule has 0 saturated carbocycles. The summed E-state index contributed by atoms with van der Waals surface area (Å²) in [5.74, 6) is 0.333. The molecule has 4 rings (SSSR count). The Morgan fingerprint density at radius 1 is 1.15 bits per heavy atom. The first-order chi connectivity index (χ1) is 12.5. The summed E-state index contributed by atoms with van der Waals surface area (Å²) in [6, 6.07) is 16.0. The predicted octanol–water partition coefficient (Wildman–Crippen LogP) is 3.74. The molecule has 0 radical (unpaired) electrons. The molecule has 5 heteroatoms. The van der Waals surface area contributed by atoms with Crippen molar-refractivity contribution in [2.24, 2.45) is 5.41 Å². The maximum absolute atomic E-state index is 13.0. The van der Waals surface area contributed by atoms with E-state index in [0.717, 1.165) is 24.3 Å². The molecule has 1 N–H and O–H groups in total. The third-order valence-electron chi connectivity index (χ3n) is 5.22. The fraction of sp³-hybridized carbons (Fsp3) is 0.286. The predicted molar refractivity (Wildman–Crippen MR) is 101 cm³/mol. The average molecular weight is 346 g/mol. The molecule has 3 heterocycles. The molecular formula is C21H22N4O. The number of hydrogen-bond donors (Lipinski definition) is 1. The Labute approximate surface area is 153 Å². The summed E-state index contributed by atoms with van der Waals surface area (Å²) in [6.45, 7) is 5.91. The van der Waals surface area contributed by atoms with Crippen LogP contribution in [0.2, 0.25) is 0 Å². The molecule has 1 fully saturated rings. The summed E-state index contributed by atoms with van der Waals surface area (Å²) < 4.78 is 0.